The molecule has 5 aromatic carbocycles. The van der Waals surface area contributed by atoms with Crippen LogP contribution >= 0.6 is 0 Å². The summed E-state index contributed by atoms with van der Waals surface area (Å²) in [7, 11) is 0. The standard InChI is InChI=1S/C30H18N3O.C11H8N.Ir/c1-3-8-20(9-4-1)21-14-15-23-24-12-7-13-25(29(24)34-28(23)18-21)30-32-26-19-31-17-16-27(26)33(30)22-10-5-2-6-11-22;1-2-6-10(7-3-1)11-8-4-5-9-12-11;/h1-12,14-19H;1-6,8-9H;/q2*-1;. The molecule has 0 aliphatic carbocycles. The number of imidazole rings is 1. The number of hydrogen-bond donors (Lipinski definition) is 0. The van der Waals surface area contributed by atoms with Gasteiger partial charge in [-0.25, -0.2) is 0 Å². The van der Waals surface area contributed by atoms with Gasteiger partial charge in [0.05, 0.1) is 28.6 Å². The van der Waals surface area contributed by atoms with Gasteiger partial charge in [0.25, 0.3) is 0 Å². The van der Waals surface area contributed by atoms with Crippen molar-refractivity contribution in [1.82, 2.24) is 19.5 Å². The smallest absolute Gasteiger partial charge is 0.121 e. The molecule has 0 spiro atoms. The van der Waals surface area contributed by atoms with Crippen molar-refractivity contribution in [3.05, 3.63) is 170 Å². The molecule has 0 N–H and O–H groups in total. The molecule has 0 amide bonds. The molecule has 0 saturated carbocycles. The molecular formula is C41H26IrN4O-2. The SMILES string of the molecule is [Ir].[c-]1ccc2c(oc3cc(-c4ccccc4)ccc32)c1-c1nc2cnccc2n1-c1ccccc1.[c-]1ccccc1-c1ccccn1. The van der Waals surface area contributed by atoms with Crippen LogP contribution in [0.5, 0.6) is 0 Å². The second-order valence-electron chi connectivity index (χ2n) is 10.7. The van der Waals surface area contributed by atoms with Crippen LogP contribution in [-0.4, -0.2) is 19.5 Å². The molecule has 0 saturated heterocycles. The Morgan fingerprint density at radius 3 is 2.23 bits per heavy atom. The van der Waals surface area contributed by atoms with Crippen molar-refractivity contribution in [1.29, 1.82) is 0 Å². The Hall–Kier alpha value is -5.68. The van der Waals surface area contributed by atoms with E-state index in [-0.39, 0.29) is 20.1 Å². The first-order valence-corrected chi connectivity index (χ1v) is 15.0. The van der Waals surface area contributed by atoms with E-state index >= 15 is 0 Å². The van der Waals surface area contributed by atoms with Crippen LogP contribution in [-0.2, 0) is 20.1 Å². The Morgan fingerprint density at radius 1 is 0.638 bits per heavy atom. The van der Waals surface area contributed by atoms with Gasteiger partial charge in [0.15, 0.2) is 0 Å². The Kier molecular flexibility index (Phi) is 8.52. The minimum atomic E-state index is 0. The fraction of sp³-hybridized carbons (Fsp3) is 0. The van der Waals surface area contributed by atoms with Gasteiger partial charge in [-0.05, 0) is 47.2 Å². The van der Waals surface area contributed by atoms with Crippen molar-refractivity contribution in [2.75, 3.05) is 0 Å². The number of para-hydroxylation sites is 1. The molecule has 4 heterocycles. The number of pyridine rings is 2. The number of rotatable bonds is 4. The molecule has 4 aromatic heterocycles. The fourth-order valence-electron chi connectivity index (χ4n) is 5.73. The minimum absolute atomic E-state index is 0. The fourth-order valence-corrected chi connectivity index (χ4v) is 5.73. The molecule has 9 rings (SSSR count). The van der Waals surface area contributed by atoms with Crippen molar-refractivity contribution in [3.8, 4) is 39.5 Å². The van der Waals surface area contributed by atoms with Gasteiger partial charge in [0, 0.05) is 43.6 Å². The first-order valence-electron chi connectivity index (χ1n) is 15.0. The van der Waals surface area contributed by atoms with E-state index < -0.39 is 0 Å². The predicted octanol–water partition coefficient (Wildman–Crippen LogP) is 10.0. The van der Waals surface area contributed by atoms with E-state index in [0.29, 0.717) is 0 Å². The molecule has 9 aromatic rings. The number of fused-ring (bicyclic) bond motifs is 4. The summed E-state index contributed by atoms with van der Waals surface area (Å²) >= 11 is 0. The zero-order chi connectivity index (χ0) is 30.7. The number of aromatic nitrogens is 4. The number of hydrogen-bond acceptors (Lipinski definition) is 4. The summed E-state index contributed by atoms with van der Waals surface area (Å²) < 4.78 is 8.63. The summed E-state index contributed by atoms with van der Waals surface area (Å²) in [5.74, 6) is 0.780. The zero-order valence-corrected chi connectivity index (χ0v) is 27.4. The largest absolute Gasteiger partial charge is 0.501 e. The van der Waals surface area contributed by atoms with E-state index in [1.165, 1.54) is 0 Å². The third kappa shape index (κ3) is 5.88. The van der Waals surface area contributed by atoms with Gasteiger partial charge in [-0.1, -0.05) is 83.7 Å². The van der Waals surface area contributed by atoms with E-state index in [1.54, 1.807) is 18.6 Å². The average Bonchev–Trinajstić information content (AvgIpc) is 3.72. The number of nitrogens with zero attached hydrogens (tertiary/aromatic N) is 4. The molecule has 0 bridgehead atoms. The molecule has 0 atom stereocenters. The van der Waals surface area contributed by atoms with Gasteiger partial charge < -0.3 is 14.0 Å². The number of benzene rings is 5. The maximum absolute atomic E-state index is 6.49. The summed E-state index contributed by atoms with van der Waals surface area (Å²) in [6.07, 6.45) is 5.38. The van der Waals surface area contributed by atoms with Gasteiger partial charge in [0.2, 0.25) is 0 Å². The summed E-state index contributed by atoms with van der Waals surface area (Å²) in [6, 6.07) is 53.2. The first kappa shape index (κ1) is 30.0. The van der Waals surface area contributed by atoms with Gasteiger partial charge in [0.1, 0.15) is 5.58 Å². The molecule has 1 radical (unpaired) electrons. The topological polar surface area (TPSA) is 56.7 Å². The molecule has 0 fully saturated rings. The maximum Gasteiger partial charge on any atom is 0.121 e. The van der Waals surface area contributed by atoms with Crippen LogP contribution in [0.25, 0.3) is 72.4 Å². The van der Waals surface area contributed by atoms with Crippen LogP contribution < -0.4 is 0 Å². The molecule has 0 aliphatic rings. The van der Waals surface area contributed by atoms with Gasteiger partial charge >= 0.3 is 0 Å². The quantitative estimate of drug-likeness (QED) is 0.167. The average molecular weight is 783 g/mol. The Bertz CT molecular complexity index is 2370. The van der Waals surface area contributed by atoms with Crippen LogP contribution in [0.2, 0.25) is 0 Å². The molecule has 0 unspecified atom stereocenters. The molecular weight excluding hydrogens is 757 g/mol. The second kappa shape index (κ2) is 13.4. The van der Waals surface area contributed by atoms with E-state index in [1.807, 2.05) is 91.0 Å². The molecule has 227 valence electrons. The maximum atomic E-state index is 6.49. The summed E-state index contributed by atoms with van der Waals surface area (Å²) in [5.41, 5.74) is 9.60. The van der Waals surface area contributed by atoms with Crippen molar-refractivity contribution in [2.45, 2.75) is 0 Å². The van der Waals surface area contributed by atoms with Crippen LogP contribution in [0.4, 0.5) is 0 Å². The van der Waals surface area contributed by atoms with Crippen LogP contribution in [0.1, 0.15) is 0 Å². The van der Waals surface area contributed by atoms with Gasteiger partial charge in [-0.2, -0.15) is 0 Å². The van der Waals surface area contributed by atoms with Crippen molar-refractivity contribution >= 4 is 33.0 Å². The third-order valence-corrected chi connectivity index (χ3v) is 7.88. The molecule has 5 nitrogen and oxygen atoms in total. The normalized spacial score (nSPS) is 10.8. The van der Waals surface area contributed by atoms with Crippen LogP contribution in [0.3, 0.4) is 0 Å². The van der Waals surface area contributed by atoms with E-state index in [2.05, 4.69) is 75.2 Å². The first-order chi connectivity index (χ1) is 22.8. The minimum Gasteiger partial charge on any atom is -0.501 e. The summed E-state index contributed by atoms with van der Waals surface area (Å²) in [6.45, 7) is 0. The summed E-state index contributed by atoms with van der Waals surface area (Å²) in [4.78, 5) is 13.5. The second-order valence-corrected chi connectivity index (χ2v) is 10.7. The van der Waals surface area contributed by atoms with Crippen LogP contribution in [0, 0.1) is 12.1 Å². The van der Waals surface area contributed by atoms with Gasteiger partial charge in [-0.15, -0.1) is 54.1 Å². The summed E-state index contributed by atoms with van der Waals surface area (Å²) in [5, 5.41) is 2.13. The monoisotopic (exact) mass is 783 g/mol. The predicted molar refractivity (Wildman–Crippen MR) is 184 cm³/mol. The van der Waals surface area contributed by atoms with Crippen molar-refractivity contribution in [2.24, 2.45) is 0 Å². The van der Waals surface area contributed by atoms with E-state index in [0.717, 1.165) is 72.4 Å². The molecule has 0 aliphatic heterocycles. The number of furan rings is 1. The van der Waals surface area contributed by atoms with Crippen molar-refractivity contribution in [3.63, 3.8) is 0 Å². The van der Waals surface area contributed by atoms with Crippen molar-refractivity contribution < 1.29 is 24.5 Å². The van der Waals surface area contributed by atoms with E-state index in [9.17, 15) is 0 Å². The molecule has 47 heavy (non-hydrogen) atoms. The Labute approximate surface area is 285 Å². The molecule has 6 heteroatoms. The third-order valence-electron chi connectivity index (χ3n) is 7.88. The van der Waals surface area contributed by atoms with E-state index in [4.69, 9.17) is 9.40 Å². The van der Waals surface area contributed by atoms with Gasteiger partial charge in [-0.3, -0.25) is 9.97 Å². The van der Waals surface area contributed by atoms with Crippen LogP contribution in [0.15, 0.2) is 163 Å². The Morgan fingerprint density at radius 2 is 1.45 bits per heavy atom. The zero-order valence-electron chi connectivity index (χ0n) is 25.0. The Balaban J connectivity index is 0.000000228.